The summed E-state index contributed by atoms with van der Waals surface area (Å²) in [5, 5.41) is 6.94. The summed E-state index contributed by atoms with van der Waals surface area (Å²) < 4.78 is 14.0. The van der Waals surface area contributed by atoms with Crippen LogP contribution < -0.4 is 10.6 Å². The summed E-state index contributed by atoms with van der Waals surface area (Å²) in [4.78, 5) is 8.89. The molecule has 1 aliphatic heterocycles. The van der Waals surface area contributed by atoms with Crippen LogP contribution in [0.1, 0.15) is 35.1 Å². The lowest BCUT2D eigenvalue weighted by Gasteiger charge is -2.33. The van der Waals surface area contributed by atoms with Crippen LogP contribution in [0.4, 0.5) is 4.39 Å². The fourth-order valence-electron chi connectivity index (χ4n) is 4.04. The van der Waals surface area contributed by atoms with Crippen LogP contribution in [0, 0.1) is 12.7 Å². The standard InChI is InChI=1S/C25H36FN5.HI/c1-19-7-5-6-8-21(19)18-31-13-11-23(12-14-31)29-25(27-2)28-16-20-9-10-24(26)22(15-20)17-30(3)4;/h5-10,15,23H,11-14,16-18H2,1-4H3,(H2,27,28,29);1H. The van der Waals surface area contributed by atoms with Gasteiger partial charge >= 0.3 is 0 Å². The van der Waals surface area contributed by atoms with Crippen molar-refractivity contribution in [3.63, 3.8) is 0 Å². The summed E-state index contributed by atoms with van der Waals surface area (Å²) >= 11 is 0. The van der Waals surface area contributed by atoms with Gasteiger partial charge < -0.3 is 15.5 Å². The third-order valence-electron chi connectivity index (χ3n) is 5.86. The molecule has 0 atom stereocenters. The van der Waals surface area contributed by atoms with Crippen LogP contribution in [-0.4, -0.2) is 56.0 Å². The van der Waals surface area contributed by atoms with E-state index in [4.69, 9.17) is 0 Å². The quantitative estimate of drug-likeness (QED) is 0.308. The van der Waals surface area contributed by atoms with Crippen molar-refractivity contribution in [3.8, 4) is 0 Å². The molecule has 7 heteroatoms. The van der Waals surface area contributed by atoms with Crippen molar-refractivity contribution in [2.24, 2.45) is 4.99 Å². The monoisotopic (exact) mass is 553 g/mol. The number of halogens is 2. The van der Waals surface area contributed by atoms with Crippen LogP contribution in [0.25, 0.3) is 0 Å². The van der Waals surface area contributed by atoms with Gasteiger partial charge in [-0.25, -0.2) is 4.39 Å². The van der Waals surface area contributed by atoms with E-state index in [2.05, 4.69) is 51.7 Å². The number of rotatable bonds is 7. The summed E-state index contributed by atoms with van der Waals surface area (Å²) in [6, 6.07) is 14.4. The van der Waals surface area contributed by atoms with E-state index in [0.29, 0.717) is 24.7 Å². The predicted octanol–water partition coefficient (Wildman–Crippen LogP) is 4.14. The van der Waals surface area contributed by atoms with Crippen molar-refractivity contribution >= 4 is 29.9 Å². The Kier molecular flexibility index (Phi) is 10.9. The van der Waals surface area contributed by atoms with Crippen LogP contribution in [0.3, 0.4) is 0 Å². The number of likely N-dealkylation sites (tertiary alicyclic amines) is 1. The number of guanidine groups is 1. The second kappa shape index (κ2) is 13.1. The largest absolute Gasteiger partial charge is 0.354 e. The first-order valence-corrected chi connectivity index (χ1v) is 11.1. The highest BCUT2D eigenvalue weighted by Gasteiger charge is 2.20. The van der Waals surface area contributed by atoms with Crippen LogP contribution in [0.5, 0.6) is 0 Å². The van der Waals surface area contributed by atoms with E-state index in [1.807, 2.05) is 31.1 Å². The minimum absolute atomic E-state index is 0. The van der Waals surface area contributed by atoms with Gasteiger partial charge in [0.2, 0.25) is 0 Å². The highest BCUT2D eigenvalue weighted by molar-refractivity contribution is 14.0. The first-order valence-electron chi connectivity index (χ1n) is 11.1. The third kappa shape index (κ3) is 8.01. The summed E-state index contributed by atoms with van der Waals surface area (Å²) in [6.07, 6.45) is 2.19. The number of hydrogen-bond donors (Lipinski definition) is 2. The lowest BCUT2D eigenvalue weighted by atomic mass is 10.0. The van der Waals surface area contributed by atoms with Gasteiger partial charge in [0.15, 0.2) is 5.96 Å². The summed E-state index contributed by atoms with van der Waals surface area (Å²) in [7, 11) is 5.69. The van der Waals surface area contributed by atoms with Crippen molar-refractivity contribution in [2.75, 3.05) is 34.2 Å². The topological polar surface area (TPSA) is 42.9 Å². The van der Waals surface area contributed by atoms with Gasteiger partial charge in [0, 0.05) is 51.4 Å². The van der Waals surface area contributed by atoms with E-state index in [9.17, 15) is 4.39 Å². The predicted molar refractivity (Wildman–Crippen MR) is 142 cm³/mol. The van der Waals surface area contributed by atoms with Gasteiger partial charge in [-0.05, 0) is 62.7 Å². The van der Waals surface area contributed by atoms with Gasteiger partial charge in [-0.15, -0.1) is 24.0 Å². The van der Waals surface area contributed by atoms with Crippen molar-refractivity contribution in [2.45, 2.75) is 45.4 Å². The Bertz CT molecular complexity index is 878. The molecule has 0 radical (unpaired) electrons. The van der Waals surface area contributed by atoms with Crippen molar-refractivity contribution < 1.29 is 4.39 Å². The van der Waals surface area contributed by atoms with Gasteiger partial charge in [0.25, 0.3) is 0 Å². The SMILES string of the molecule is CN=C(NCc1ccc(F)c(CN(C)C)c1)NC1CCN(Cc2ccccc2C)CC1.I. The molecule has 1 aliphatic rings. The van der Waals surface area contributed by atoms with Gasteiger partial charge in [0.1, 0.15) is 5.82 Å². The van der Waals surface area contributed by atoms with Gasteiger partial charge in [-0.1, -0.05) is 30.3 Å². The Morgan fingerprint density at radius 2 is 1.84 bits per heavy atom. The van der Waals surface area contributed by atoms with Gasteiger partial charge in [-0.2, -0.15) is 0 Å². The van der Waals surface area contributed by atoms with Crippen LogP contribution in [-0.2, 0) is 19.6 Å². The van der Waals surface area contributed by atoms with E-state index in [1.54, 1.807) is 13.1 Å². The molecule has 1 heterocycles. The summed E-state index contributed by atoms with van der Waals surface area (Å²) in [5.74, 6) is 0.647. The van der Waals surface area contributed by atoms with E-state index in [-0.39, 0.29) is 29.8 Å². The van der Waals surface area contributed by atoms with Crippen LogP contribution in [0.15, 0.2) is 47.5 Å². The molecule has 0 saturated carbocycles. The Morgan fingerprint density at radius 3 is 2.50 bits per heavy atom. The molecule has 32 heavy (non-hydrogen) atoms. The molecule has 2 aromatic carbocycles. The van der Waals surface area contributed by atoms with Crippen LogP contribution in [0.2, 0.25) is 0 Å². The Hall–Kier alpha value is -1.71. The summed E-state index contributed by atoms with van der Waals surface area (Å²) in [5.41, 5.74) is 4.55. The number of hydrogen-bond acceptors (Lipinski definition) is 3. The maximum Gasteiger partial charge on any atom is 0.191 e. The minimum atomic E-state index is -0.155. The molecular weight excluding hydrogens is 516 g/mol. The van der Waals surface area contributed by atoms with Crippen molar-refractivity contribution in [1.82, 2.24) is 20.4 Å². The molecular formula is C25H37FIN5. The van der Waals surface area contributed by atoms with Crippen molar-refractivity contribution in [1.29, 1.82) is 0 Å². The van der Waals surface area contributed by atoms with Gasteiger partial charge in [0.05, 0.1) is 0 Å². The maximum atomic E-state index is 14.0. The average Bonchev–Trinajstić information content (AvgIpc) is 2.75. The Balaban J connectivity index is 0.00000363. The lowest BCUT2D eigenvalue weighted by molar-refractivity contribution is 0.198. The number of benzene rings is 2. The first kappa shape index (κ1) is 26.5. The molecule has 1 fully saturated rings. The third-order valence-corrected chi connectivity index (χ3v) is 5.86. The van der Waals surface area contributed by atoms with Crippen LogP contribution >= 0.6 is 24.0 Å². The normalized spacial score (nSPS) is 15.5. The second-order valence-electron chi connectivity index (χ2n) is 8.71. The lowest BCUT2D eigenvalue weighted by Crippen LogP contribution is -2.48. The highest BCUT2D eigenvalue weighted by atomic mass is 127. The molecule has 0 unspecified atom stereocenters. The maximum absolute atomic E-state index is 14.0. The zero-order valence-electron chi connectivity index (χ0n) is 19.7. The molecule has 0 aromatic heterocycles. The first-order chi connectivity index (χ1) is 14.9. The van der Waals surface area contributed by atoms with Crippen molar-refractivity contribution in [3.05, 3.63) is 70.5 Å². The molecule has 0 spiro atoms. The number of nitrogens with zero attached hydrogens (tertiary/aromatic N) is 3. The number of nitrogens with one attached hydrogen (secondary N) is 2. The second-order valence-corrected chi connectivity index (χ2v) is 8.71. The fraction of sp³-hybridized carbons (Fsp3) is 0.480. The molecule has 2 N–H and O–H groups in total. The molecule has 0 amide bonds. The highest BCUT2D eigenvalue weighted by Crippen LogP contribution is 2.16. The van der Waals surface area contributed by atoms with E-state index >= 15 is 0 Å². The zero-order chi connectivity index (χ0) is 22.2. The molecule has 2 aromatic rings. The molecule has 3 rings (SSSR count). The molecule has 5 nitrogen and oxygen atoms in total. The van der Waals surface area contributed by atoms with E-state index < -0.39 is 0 Å². The number of aryl methyl sites for hydroxylation is 1. The number of aliphatic imine (C=N–C) groups is 1. The van der Waals surface area contributed by atoms with Gasteiger partial charge in [-0.3, -0.25) is 9.89 Å². The number of piperidine rings is 1. The van der Waals surface area contributed by atoms with E-state index in [1.165, 1.54) is 11.1 Å². The zero-order valence-corrected chi connectivity index (χ0v) is 22.0. The molecule has 0 bridgehead atoms. The minimum Gasteiger partial charge on any atom is -0.354 e. The average molecular weight is 554 g/mol. The Morgan fingerprint density at radius 1 is 1.12 bits per heavy atom. The Labute approximate surface area is 209 Å². The molecule has 0 aliphatic carbocycles. The smallest absolute Gasteiger partial charge is 0.191 e. The molecule has 1 saturated heterocycles. The van der Waals surface area contributed by atoms with E-state index in [0.717, 1.165) is 44.0 Å². The summed E-state index contributed by atoms with van der Waals surface area (Å²) in [6.45, 7) is 6.57. The molecule has 176 valence electrons. The fourth-order valence-corrected chi connectivity index (χ4v) is 4.04.